The smallest absolute Gasteiger partial charge is 0.319 e. The molecule has 6 nitrogen and oxygen atoms in total. The summed E-state index contributed by atoms with van der Waals surface area (Å²) in [4.78, 5) is 12.1. The van der Waals surface area contributed by atoms with E-state index in [0.717, 1.165) is 17.7 Å². The molecule has 1 heterocycles. The SMILES string of the molecule is Cc1nnc(-c2ccc(NC(=O)NC[C@@H]3C[C@@H]3c3ccccc3)cc2)o1. The number of nitrogens with one attached hydrogen (secondary N) is 2. The third-order valence-electron chi connectivity index (χ3n) is 4.59. The fraction of sp³-hybridized carbons (Fsp3) is 0.250. The van der Waals surface area contributed by atoms with Gasteiger partial charge in [0.15, 0.2) is 0 Å². The Kier molecular flexibility index (Phi) is 4.39. The van der Waals surface area contributed by atoms with Gasteiger partial charge >= 0.3 is 6.03 Å². The van der Waals surface area contributed by atoms with Crippen molar-refractivity contribution in [2.24, 2.45) is 5.92 Å². The second kappa shape index (κ2) is 7.00. The molecule has 1 aliphatic carbocycles. The third-order valence-corrected chi connectivity index (χ3v) is 4.59. The van der Waals surface area contributed by atoms with Crippen LogP contribution in [-0.4, -0.2) is 22.8 Å². The summed E-state index contributed by atoms with van der Waals surface area (Å²) in [6, 6.07) is 17.6. The van der Waals surface area contributed by atoms with E-state index in [9.17, 15) is 4.79 Å². The lowest BCUT2D eigenvalue weighted by Crippen LogP contribution is -2.30. The van der Waals surface area contributed by atoms with Crippen LogP contribution < -0.4 is 10.6 Å². The van der Waals surface area contributed by atoms with Crippen LogP contribution in [0.15, 0.2) is 59.0 Å². The molecule has 6 heteroatoms. The van der Waals surface area contributed by atoms with Crippen LogP contribution in [0.1, 0.15) is 23.8 Å². The van der Waals surface area contributed by atoms with Gasteiger partial charge < -0.3 is 15.1 Å². The molecular formula is C20H20N4O2. The van der Waals surface area contributed by atoms with Gasteiger partial charge in [0, 0.05) is 24.7 Å². The largest absolute Gasteiger partial charge is 0.421 e. The van der Waals surface area contributed by atoms with Crippen molar-refractivity contribution in [1.82, 2.24) is 15.5 Å². The molecular weight excluding hydrogens is 328 g/mol. The third kappa shape index (κ3) is 3.74. The standard InChI is InChI=1S/C20H20N4O2/c1-13-23-24-19(26-13)15-7-9-17(10-8-15)22-20(25)21-12-16-11-18(16)14-5-3-2-4-6-14/h2-10,16,18H,11-12H2,1H3,(H2,21,22,25)/t16-,18+/m0/s1. The fourth-order valence-electron chi connectivity index (χ4n) is 3.09. The van der Waals surface area contributed by atoms with Gasteiger partial charge in [-0.2, -0.15) is 0 Å². The Hall–Kier alpha value is -3.15. The first-order valence-electron chi connectivity index (χ1n) is 8.69. The summed E-state index contributed by atoms with van der Waals surface area (Å²) in [5, 5.41) is 13.6. The summed E-state index contributed by atoms with van der Waals surface area (Å²) in [5.41, 5.74) is 2.89. The van der Waals surface area contributed by atoms with Crippen molar-refractivity contribution >= 4 is 11.7 Å². The Balaban J connectivity index is 1.26. The lowest BCUT2D eigenvalue weighted by molar-refractivity contribution is 0.251. The Labute approximate surface area is 151 Å². The molecule has 0 aliphatic heterocycles. The second-order valence-corrected chi connectivity index (χ2v) is 6.55. The molecule has 132 valence electrons. The molecule has 1 saturated carbocycles. The summed E-state index contributed by atoms with van der Waals surface area (Å²) in [6.45, 7) is 2.43. The molecule has 4 rings (SSSR count). The summed E-state index contributed by atoms with van der Waals surface area (Å²) >= 11 is 0. The summed E-state index contributed by atoms with van der Waals surface area (Å²) in [6.07, 6.45) is 1.13. The number of carbonyl (C=O) groups is 1. The number of aromatic nitrogens is 2. The first-order valence-corrected chi connectivity index (χ1v) is 8.69. The lowest BCUT2D eigenvalue weighted by atomic mass is 10.1. The normalized spacial score (nSPS) is 18.3. The van der Waals surface area contributed by atoms with E-state index < -0.39 is 0 Å². The number of urea groups is 1. The minimum Gasteiger partial charge on any atom is -0.421 e. The molecule has 2 N–H and O–H groups in total. The number of hydrogen-bond acceptors (Lipinski definition) is 4. The molecule has 3 aromatic rings. The molecule has 26 heavy (non-hydrogen) atoms. The van der Waals surface area contributed by atoms with Crippen LogP contribution in [0.5, 0.6) is 0 Å². The number of nitrogens with zero attached hydrogens (tertiary/aromatic N) is 2. The summed E-state index contributed by atoms with van der Waals surface area (Å²) in [7, 11) is 0. The maximum atomic E-state index is 12.1. The molecule has 0 bridgehead atoms. The predicted molar refractivity (Wildman–Crippen MR) is 98.8 cm³/mol. The van der Waals surface area contributed by atoms with Gasteiger partial charge in [-0.1, -0.05) is 30.3 Å². The van der Waals surface area contributed by atoms with Gasteiger partial charge in [0.2, 0.25) is 11.8 Å². The van der Waals surface area contributed by atoms with Crippen molar-refractivity contribution in [3.8, 4) is 11.5 Å². The summed E-state index contributed by atoms with van der Waals surface area (Å²) < 4.78 is 5.39. The molecule has 0 spiro atoms. The number of carbonyl (C=O) groups excluding carboxylic acids is 1. The fourth-order valence-corrected chi connectivity index (χ4v) is 3.09. The van der Waals surface area contributed by atoms with Crippen molar-refractivity contribution < 1.29 is 9.21 Å². The van der Waals surface area contributed by atoms with Gasteiger partial charge in [0.1, 0.15) is 0 Å². The molecule has 2 amide bonds. The van der Waals surface area contributed by atoms with Crippen LogP contribution in [0, 0.1) is 12.8 Å². The van der Waals surface area contributed by atoms with Crippen LogP contribution in [0.3, 0.4) is 0 Å². The van der Waals surface area contributed by atoms with E-state index in [-0.39, 0.29) is 6.03 Å². The minimum absolute atomic E-state index is 0.190. The molecule has 0 saturated heterocycles. The number of amides is 2. The van der Waals surface area contributed by atoms with Crippen LogP contribution in [0.2, 0.25) is 0 Å². The monoisotopic (exact) mass is 348 g/mol. The van der Waals surface area contributed by atoms with Crippen molar-refractivity contribution in [3.05, 3.63) is 66.1 Å². The van der Waals surface area contributed by atoms with Crippen LogP contribution in [-0.2, 0) is 0 Å². The van der Waals surface area contributed by atoms with E-state index in [1.165, 1.54) is 5.56 Å². The van der Waals surface area contributed by atoms with Crippen molar-refractivity contribution in [2.45, 2.75) is 19.3 Å². The molecule has 1 fully saturated rings. The Morgan fingerprint density at radius 1 is 1.12 bits per heavy atom. The molecule has 1 aliphatic rings. The van der Waals surface area contributed by atoms with Crippen molar-refractivity contribution in [3.63, 3.8) is 0 Å². The zero-order valence-electron chi connectivity index (χ0n) is 14.5. The maximum absolute atomic E-state index is 12.1. The van der Waals surface area contributed by atoms with Crippen LogP contribution in [0.4, 0.5) is 10.5 Å². The maximum Gasteiger partial charge on any atom is 0.319 e. The quantitative estimate of drug-likeness (QED) is 0.731. The van der Waals surface area contributed by atoms with Crippen LogP contribution >= 0.6 is 0 Å². The van der Waals surface area contributed by atoms with E-state index in [0.29, 0.717) is 30.2 Å². The van der Waals surface area contributed by atoms with E-state index in [4.69, 9.17) is 4.42 Å². The van der Waals surface area contributed by atoms with Gasteiger partial charge in [0.25, 0.3) is 0 Å². The zero-order chi connectivity index (χ0) is 17.9. The second-order valence-electron chi connectivity index (χ2n) is 6.55. The molecule has 0 radical (unpaired) electrons. The van der Waals surface area contributed by atoms with Gasteiger partial charge in [-0.15, -0.1) is 10.2 Å². The lowest BCUT2D eigenvalue weighted by Gasteiger charge is -2.08. The predicted octanol–water partition coefficient (Wildman–Crippen LogP) is 3.97. The van der Waals surface area contributed by atoms with E-state index in [1.807, 2.05) is 30.3 Å². The number of anilines is 1. The molecule has 2 atom stereocenters. The van der Waals surface area contributed by atoms with Gasteiger partial charge in [0.05, 0.1) is 0 Å². The number of benzene rings is 2. The minimum atomic E-state index is -0.190. The van der Waals surface area contributed by atoms with E-state index in [1.54, 1.807) is 6.92 Å². The topological polar surface area (TPSA) is 80.0 Å². The highest BCUT2D eigenvalue weighted by Crippen LogP contribution is 2.46. The zero-order valence-corrected chi connectivity index (χ0v) is 14.5. The molecule has 2 aromatic carbocycles. The number of rotatable bonds is 5. The van der Waals surface area contributed by atoms with E-state index in [2.05, 4.69) is 45.1 Å². The molecule has 0 unspecified atom stereocenters. The number of hydrogen-bond donors (Lipinski definition) is 2. The average molecular weight is 348 g/mol. The molecule has 1 aromatic heterocycles. The highest BCUT2D eigenvalue weighted by atomic mass is 16.4. The average Bonchev–Trinajstić information content (AvgIpc) is 3.33. The summed E-state index contributed by atoms with van der Waals surface area (Å²) in [5.74, 6) is 2.08. The first-order chi connectivity index (χ1) is 12.7. The van der Waals surface area contributed by atoms with Gasteiger partial charge in [-0.25, -0.2) is 4.79 Å². The number of aryl methyl sites for hydroxylation is 1. The highest BCUT2D eigenvalue weighted by molar-refractivity contribution is 5.89. The van der Waals surface area contributed by atoms with Gasteiger partial charge in [-0.05, 0) is 48.1 Å². The van der Waals surface area contributed by atoms with Gasteiger partial charge in [-0.3, -0.25) is 0 Å². The van der Waals surface area contributed by atoms with Crippen molar-refractivity contribution in [1.29, 1.82) is 0 Å². The Bertz CT molecular complexity index is 890. The van der Waals surface area contributed by atoms with E-state index >= 15 is 0 Å². The van der Waals surface area contributed by atoms with Crippen molar-refractivity contribution in [2.75, 3.05) is 11.9 Å². The first kappa shape index (κ1) is 16.3. The Morgan fingerprint density at radius 3 is 2.58 bits per heavy atom. The Morgan fingerprint density at radius 2 is 1.88 bits per heavy atom. The highest BCUT2D eigenvalue weighted by Gasteiger charge is 2.37. The van der Waals surface area contributed by atoms with Crippen LogP contribution in [0.25, 0.3) is 11.5 Å².